The lowest BCUT2D eigenvalue weighted by molar-refractivity contribution is -0.113. The maximum atomic E-state index is 12.7. The minimum absolute atomic E-state index is 0.0817. The zero-order valence-corrected chi connectivity index (χ0v) is 20.8. The van der Waals surface area contributed by atoms with Gasteiger partial charge in [0.15, 0.2) is 11.0 Å². The number of aromatic nitrogens is 3. The molecule has 2 N–H and O–H groups in total. The van der Waals surface area contributed by atoms with Crippen LogP contribution in [-0.2, 0) is 11.3 Å². The summed E-state index contributed by atoms with van der Waals surface area (Å²) in [5.74, 6) is 0.431. The number of benzene rings is 2. The molecule has 0 aliphatic carbocycles. The number of anilines is 1. The van der Waals surface area contributed by atoms with Gasteiger partial charge in [-0.3, -0.25) is 9.59 Å². The second-order valence-electron chi connectivity index (χ2n) is 7.61. The highest BCUT2D eigenvalue weighted by atomic mass is 35.5. The molecule has 174 valence electrons. The molecular weight excluding hydrogens is 481 g/mol. The second-order valence-corrected chi connectivity index (χ2v) is 9.39. The van der Waals surface area contributed by atoms with Crippen LogP contribution in [-0.4, -0.2) is 32.3 Å². The van der Waals surface area contributed by atoms with Gasteiger partial charge >= 0.3 is 0 Å². The van der Waals surface area contributed by atoms with E-state index in [4.69, 9.17) is 23.2 Å². The van der Waals surface area contributed by atoms with Crippen molar-refractivity contribution in [3.63, 3.8) is 0 Å². The summed E-state index contributed by atoms with van der Waals surface area (Å²) in [6.45, 7) is 6.59. The van der Waals surface area contributed by atoms with Crippen LogP contribution in [0, 0.1) is 5.92 Å². The van der Waals surface area contributed by atoms with E-state index in [1.54, 1.807) is 30.3 Å². The van der Waals surface area contributed by atoms with E-state index < -0.39 is 0 Å². The van der Waals surface area contributed by atoms with E-state index in [0.29, 0.717) is 38.8 Å². The highest BCUT2D eigenvalue weighted by Crippen LogP contribution is 2.27. The van der Waals surface area contributed by atoms with E-state index in [1.165, 1.54) is 11.8 Å². The highest BCUT2D eigenvalue weighted by Gasteiger charge is 2.26. The maximum absolute atomic E-state index is 12.7. The average molecular weight is 506 g/mol. The van der Waals surface area contributed by atoms with Crippen LogP contribution in [0.4, 0.5) is 5.69 Å². The Hall–Kier alpha value is -2.55. The van der Waals surface area contributed by atoms with Crippen LogP contribution in [0.25, 0.3) is 0 Å². The number of hydrogen-bond acceptors (Lipinski definition) is 5. The average Bonchev–Trinajstić information content (AvgIpc) is 3.21. The lowest BCUT2D eigenvalue weighted by Gasteiger charge is -2.22. The van der Waals surface area contributed by atoms with Gasteiger partial charge in [0.05, 0.1) is 22.5 Å². The monoisotopic (exact) mass is 505 g/mol. The van der Waals surface area contributed by atoms with Gasteiger partial charge in [-0.05, 0) is 43.2 Å². The van der Waals surface area contributed by atoms with Gasteiger partial charge in [-0.15, -0.1) is 10.2 Å². The minimum atomic E-state index is -0.335. The summed E-state index contributed by atoms with van der Waals surface area (Å²) in [5.41, 5.74) is 1.03. The predicted octanol–water partition coefficient (Wildman–Crippen LogP) is 5.46. The van der Waals surface area contributed by atoms with Crippen molar-refractivity contribution in [2.24, 2.45) is 5.92 Å². The molecule has 0 aliphatic rings. The minimum Gasteiger partial charge on any atom is -0.342 e. The first-order valence-corrected chi connectivity index (χ1v) is 12.2. The molecule has 3 aromatic rings. The Balaban J connectivity index is 1.71. The molecule has 1 heterocycles. The zero-order chi connectivity index (χ0) is 24.0. The number of hydrogen-bond donors (Lipinski definition) is 2. The molecular formula is C23H25Cl2N5O2S. The summed E-state index contributed by atoms with van der Waals surface area (Å²) in [6.07, 6.45) is 0. The van der Waals surface area contributed by atoms with Gasteiger partial charge in [0.1, 0.15) is 0 Å². The van der Waals surface area contributed by atoms with Crippen LogP contribution >= 0.6 is 35.0 Å². The number of nitrogens with one attached hydrogen (secondary N) is 2. The molecule has 0 bridgehead atoms. The highest BCUT2D eigenvalue weighted by molar-refractivity contribution is 7.99. The third-order valence-corrected chi connectivity index (χ3v) is 6.40. The van der Waals surface area contributed by atoms with Gasteiger partial charge in [0.25, 0.3) is 5.91 Å². The first-order chi connectivity index (χ1) is 15.8. The smallest absolute Gasteiger partial charge is 0.251 e. The summed E-state index contributed by atoms with van der Waals surface area (Å²) < 4.78 is 1.92. The Labute approximate surface area is 207 Å². The molecule has 33 heavy (non-hydrogen) atoms. The van der Waals surface area contributed by atoms with E-state index in [0.717, 1.165) is 0 Å². The molecule has 2 amide bonds. The fraction of sp³-hybridized carbons (Fsp3) is 0.304. The van der Waals surface area contributed by atoms with Crippen LogP contribution < -0.4 is 10.6 Å². The van der Waals surface area contributed by atoms with Crippen LogP contribution in [0.2, 0.25) is 10.0 Å². The molecule has 0 saturated heterocycles. The van der Waals surface area contributed by atoms with Crippen LogP contribution in [0.1, 0.15) is 43.0 Å². The summed E-state index contributed by atoms with van der Waals surface area (Å²) in [5, 5.41) is 15.9. The third-order valence-electron chi connectivity index (χ3n) is 4.86. The first kappa shape index (κ1) is 25.1. The van der Waals surface area contributed by atoms with Crippen molar-refractivity contribution in [2.45, 2.75) is 38.5 Å². The lowest BCUT2D eigenvalue weighted by atomic mass is 10.0. The summed E-state index contributed by atoms with van der Waals surface area (Å²) in [6, 6.07) is 13.6. The summed E-state index contributed by atoms with van der Waals surface area (Å²) in [7, 11) is 0. The van der Waals surface area contributed by atoms with E-state index in [1.807, 2.05) is 43.5 Å². The summed E-state index contributed by atoms with van der Waals surface area (Å²) in [4.78, 5) is 25.2. The van der Waals surface area contributed by atoms with Crippen molar-refractivity contribution in [3.8, 4) is 0 Å². The van der Waals surface area contributed by atoms with Crippen LogP contribution in [0.15, 0.2) is 53.7 Å². The molecule has 7 nitrogen and oxygen atoms in total. The standard InChI is InChI=1S/C23H25Cl2N5O2S/c1-4-30-21(20(14(2)3)27-22(32)15-8-6-5-7-9-15)28-29-23(30)33-13-19(31)26-18-12-16(24)10-11-17(18)25/h5-12,14,20H,4,13H2,1-3H3,(H,26,31)(H,27,32)/t20-/m0/s1. The van der Waals surface area contributed by atoms with Gasteiger partial charge < -0.3 is 15.2 Å². The lowest BCUT2D eigenvalue weighted by Crippen LogP contribution is -2.33. The first-order valence-electron chi connectivity index (χ1n) is 10.5. The fourth-order valence-corrected chi connectivity index (χ4v) is 4.33. The number of amides is 2. The summed E-state index contributed by atoms with van der Waals surface area (Å²) >= 11 is 13.4. The molecule has 0 aliphatic heterocycles. The fourth-order valence-electron chi connectivity index (χ4n) is 3.19. The van der Waals surface area contributed by atoms with Crippen molar-refractivity contribution < 1.29 is 9.59 Å². The Morgan fingerprint density at radius 2 is 1.82 bits per heavy atom. The number of rotatable bonds is 9. The van der Waals surface area contributed by atoms with Gasteiger partial charge in [0.2, 0.25) is 5.91 Å². The molecule has 0 saturated carbocycles. The maximum Gasteiger partial charge on any atom is 0.251 e. The Bertz CT molecular complexity index is 1120. The number of nitrogens with zero attached hydrogens (tertiary/aromatic N) is 3. The largest absolute Gasteiger partial charge is 0.342 e. The van der Waals surface area contributed by atoms with Crippen molar-refractivity contribution in [3.05, 3.63) is 70.0 Å². The number of thioether (sulfide) groups is 1. The van der Waals surface area contributed by atoms with Gasteiger partial charge in [0, 0.05) is 17.1 Å². The molecule has 0 radical (unpaired) electrons. The van der Waals surface area contributed by atoms with Crippen molar-refractivity contribution >= 4 is 52.5 Å². The molecule has 0 fully saturated rings. The molecule has 0 unspecified atom stereocenters. The SMILES string of the molecule is CCn1c(SCC(=O)Nc2cc(Cl)ccc2Cl)nnc1[C@@H](NC(=O)c1ccccc1)C(C)C. The van der Waals surface area contributed by atoms with Crippen molar-refractivity contribution in [1.82, 2.24) is 20.1 Å². The van der Waals surface area contributed by atoms with Crippen LogP contribution in [0.5, 0.6) is 0 Å². The van der Waals surface area contributed by atoms with Gasteiger partial charge in [-0.2, -0.15) is 0 Å². The Morgan fingerprint density at radius 3 is 2.48 bits per heavy atom. The molecule has 1 atom stereocenters. The molecule has 2 aromatic carbocycles. The third kappa shape index (κ3) is 6.50. The van der Waals surface area contributed by atoms with Crippen molar-refractivity contribution in [2.75, 3.05) is 11.1 Å². The Kier molecular flexibility index (Phi) is 8.77. The molecule has 1 aromatic heterocycles. The predicted molar refractivity (Wildman–Crippen MR) is 133 cm³/mol. The number of halogens is 2. The second kappa shape index (κ2) is 11.5. The van der Waals surface area contributed by atoms with E-state index in [-0.39, 0.29) is 29.5 Å². The molecule has 10 heteroatoms. The van der Waals surface area contributed by atoms with E-state index in [2.05, 4.69) is 20.8 Å². The topological polar surface area (TPSA) is 88.9 Å². The molecule has 3 rings (SSSR count). The normalized spacial score (nSPS) is 11.9. The van der Waals surface area contributed by atoms with E-state index >= 15 is 0 Å². The molecule has 0 spiro atoms. The van der Waals surface area contributed by atoms with Crippen molar-refractivity contribution in [1.29, 1.82) is 0 Å². The van der Waals surface area contributed by atoms with Gasteiger partial charge in [-0.1, -0.05) is 67.0 Å². The quantitative estimate of drug-likeness (QED) is 0.376. The zero-order valence-electron chi connectivity index (χ0n) is 18.5. The number of carbonyl (C=O) groups is 2. The van der Waals surface area contributed by atoms with E-state index in [9.17, 15) is 9.59 Å². The van der Waals surface area contributed by atoms with Crippen LogP contribution in [0.3, 0.4) is 0 Å². The van der Waals surface area contributed by atoms with Gasteiger partial charge in [-0.25, -0.2) is 0 Å². The number of carbonyl (C=O) groups excluding carboxylic acids is 2. The Morgan fingerprint density at radius 1 is 1.09 bits per heavy atom.